The summed E-state index contributed by atoms with van der Waals surface area (Å²) in [6.45, 7) is 2.09. The molecule has 0 bridgehead atoms. The van der Waals surface area contributed by atoms with Gasteiger partial charge < -0.3 is 15.1 Å². The zero-order valence-electron chi connectivity index (χ0n) is 13.7. The van der Waals surface area contributed by atoms with Crippen molar-refractivity contribution in [1.82, 2.24) is 9.88 Å². The SMILES string of the molecule is NCC1CCN(C(=O)c2sc(-c3ccco3)nc2-c2ccccc2)C1. The highest BCUT2D eigenvalue weighted by atomic mass is 32.1. The number of amides is 1. The van der Waals surface area contributed by atoms with Crippen molar-refractivity contribution in [3.8, 4) is 22.0 Å². The van der Waals surface area contributed by atoms with Crippen LogP contribution in [-0.4, -0.2) is 35.4 Å². The third-order valence-electron chi connectivity index (χ3n) is 4.51. The van der Waals surface area contributed by atoms with Gasteiger partial charge in [0.05, 0.1) is 12.0 Å². The Morgan fingerprint density at radius 3 is 2.80 bits per heavy atom. The van der Waals surface area contributed by atoms with E-state index in [4.69, 9.17) is 15.1 Å². The highest BCUT2D eigenvalue weighted by molar-refractivity contribution is 7.17. The van der Waals surface area contributed by atoms with Crippen molar-refractivity contribution in [1.29, 1.82) is 0 Å². The fourth-order valence-electron chi connectivity index (χ4n) is 3.12. The lowest BCUT2D eigenvalue weighted by Gasteiger charge is -2.15. The molecule has 3 heterocycles. The molecule has 2 aromatic heterocycles. The van der Waals surface area contributed by atoms with Gasteiger partial charge in [-0.1, -0.05) is 30.3 Å². The maximum absolute atomic E-state index is 13.1. The lowest BCUT2D eigenvalue weighted by molar-refractivity contribution is 0.0793. The second kappa shape index (κ2) is 6.82. The van der Waals surface area contributed by atoms with E-state index in [2.05, 4.69) is 0 Å². The Morgan fingerprint density at radius 2 is 2.12 bits per heavy atom. The molecular weight excluding hydrogens is 334 g/mol. The van der Waals surface area contributed by atoms with Gasteiger partial charge in [-0.15, -0.1) is 11.3 Å². The molecular formula is C19H19N3O2S. The van der Waals surface area contributed by atoms with Gasteiger partial charge in [-0.2, -0.15) is 0 Å². The molecule has 1 fully saturated rings. The molecule has 0 spiro atoms. The lowest BCUT2D eigenvalue weighted by Crippen LogP contribution is -2.29. The minimum atomic E-state index is 0.0325. The van der Waals surface area contributed by atoms with Gasteiger partial charge in [0, 0.05) is 18.7 Å². The Bertz CT molecular complexity index is 858. The maximum atomic E-state index is 13.1. The number of carbonyl (C=O) groups is 1. The van der Waals surface area contributed by atoms with Crippen molar-refractivity contribution in [2.75, 3.05) is 19.6 Å². The van der Waals surface area contributed by atoms with Gasteiger partial charge in [0.25, 0.3) is 5.91 Å². The first-order valence-electron chi connectivity index (χ1n) is 8.35. The summed E-state index contributed by atoms with van der Waals surface area (Å²) < 4.78 is 5.47. The topological polar surface area (TPSA) is 72.4 Å². The van der Waals surface area contributed by atoms with Crippen LogP contribution >= 0.6 is 11.3 Å². The minimum Gasteiger partial charge on any atom is -0.462 e. The van der Waals surface area contributed by atoms with Crippen molar-refractivity contribution in [3.63, 3.8) is 0 Å². The number of rotatable bonds is 4. The van der Waals surface area contributed by atoms with Crippen LogP contribution in [0, 0.1) is 5.92 Å². The number of furan rings is 1. The summed E-state index contributed by atoms with van der Waals surface area (Å²) in [4.78, 5) is 20.4. The second-order valence-electron chi connectivity index (χ2n) is 6.18. The zero-order chi connectivity index (χ0) is 17.2. The van der Waals surface area contributed by atoms with Crippen LogP contribution in [0.1, 0.15) is 16.1 Å². The number of hydrogen-bond acceptors (Lipinski definition) is 5. The molecule has 1 unspecified atom stereocenters. The zero-order valence-corrected chi connectivity index (χ0v) is 14.5. The number of nitrogens with two attached hydrogens (primary N) is 1. The Morgan fingerprint density at radius 1 is 1.28 bits per heavy atom. The van der Waals surface area contributed by atoms with E-state index in [9.17, 15) is 4.79 Å². The largest absolute Gasteiger partial charge is 0.462 e. The highest BCUT2D eigenvalue weighted by Crippen LogP contribution is 2.35. The average Bonchev–Trinajstić information content (AvgIpc) is 3.41. The Balaban J connectivity index is 1.74. The van der Waals surface area contributed by atoms with Crippen LogP contribution in [0.15, 0.2) is 53.1 Å². The Kier molecular flexibility index (Phi) is 4.38. The van der Waals surface area contributed by atoms with Crippen molar-refractivity contribution in [3.05, 3.63) is 53.6 Å². The average molecular weight is 353 g/mol. The van der Waals surface area contributed by atoms with E-state index in [0.29, 0.717) is 23.1 Å². The van der Waals surface area contributed by atoms with Crippen LogP contribution in [0.3, 0.4) is 0 Å². The van der Waals surface area contributed by atoms with Crippen LogP contribution in [0.5, 0.6) is 0 Å². The van der Waals surface area contributed by atoms with Gasteiger partial charge in [-0.3, -0.25) is 4.79 Å². The maximum Gasteiger partial charge on any atom is 0.266 e. The van der Waals surface area contributed by atoms with Crippen molar-refractivity contribution in [2.45, 2.75) is 6.42 Å². The van der Waals surface area contributed by atoms with Crippen molar-refractivity contribution < 1.29 is 9.21 Å². The van der Waals surface area contributed by atoms with Crippen molar-refractivity contribution >= 4 is 17.2 Å². The van der Waals surface area contributed by atoms with Gasteiger partial charge in [0.2, 0.25) is 0 Å². The monoisotopic (exact) mass is 353 g/mol. The van der Waals surface area contributed by atoms with Crippen LogP contribution in [0.4, 0.5) is 0 Å². The lowest BCUT2D eigenvalue weighted by atomic mass is 10.1. The predicted octanol–water partition coefficient (Wildman–Crippen LogP) is 3.49. The third-order valence-corrected chi connectivity index (χ3v) is 5.56. The first kappa shape index (κ1) is 16.1. The number of nitrogens with zero attached hydrogens (tertiary/aromatic N) is 2. The molecule has 1 aromatic carbocycles. The Labute approximate surface area is 150 Å². The molecule has 128 valence electrons. The highest BCUT2D eigenvalue weighted by Gasteiger charge is 2.30. The van der Waals surface area contributed by atoms with E-state index in [1.165, 1.54) is 11.3 Å². The molecule has 1 amide bonds. The number of benzene rings is 1. The number of thiazole rings is 1. The van der Waals surface area contributed by atoms with E-state index < -0.39 is 0 Å². The van der Waals surface area contributed by atoms with E-state index in [0.717, 1.165) is 35.8 Å². The molecule has 4 rings (SSSR count). The first-order chi connectivity index (χ1) is 12.3. The van der Waals surface area contributed by atoms with Crippen LogP contribution in [-0.2, 0) is 0 Å². The van der Waals surface area contributed by atoms with E-state index >= 15 is 0 Å². The molecule has 2 N–H and O–H groups in total. The molecule has 1 saturated heterocycles. The molecule has 3 aromatic rings. The summed E-state index contributed by atoms with van der Waals surface area (Å²) in [5.74, 6) is 1.11. The molecule has 6 heteroatoms. The van der Waals surface area contributed by atoms with Crippen LogP contribution in [0.25, 0.3) is 22.0 Å². The number of likely N-dealkylation sites (tertiary alicyclic amines) is 1. The first-order valence-corrected chi connectivity index (χ1v) is 9.17. The molecule has 1 aliphatic rings. The number of aromatic nitrogens is 1. The number of carbonyl (C=O) groups excluding carboxylic acids is 1. The molecule has 1 atom stereocenters. The van der Waals surface area contributed by atoms with Gasteiger partial charge in [-0.25, -0.2) is 4.98 Å². The van der Waals surface area contributed by atoms with Gasteiger partial charge in [0.15, 0.2) is 10.8 Å². The summed E-state index contributed by atoms with van der Waals surface area (Å²) >= 11 is 1.39. The summed E-state index contributed by atoms with van der Waals surface area (Å²) in [5, 5.41) is 0.724. The van der Waals surface area contributed by atoms with E-state index in [-0.39, 0.29) is 5.91 Å². The van der Waals surface area contributed by atoms with Gasteiger partial charge in [-0.05, 0) is 31.0 Å². The second-order valence-corrected chi connectivity index (χ2v) is 7.18. The molecule has 1 aliphatic heterocycles. The number of hydrogen-bond donors (Lipinski definition) is 1. The summed E-state index contributed by atoms with van der Waals surface area (Å²) in [6, 6.07) is 13.5. The molecule has 25 heavy (non-hydrogen) atoms. The van der Waals surface area contributed by atoms with Gasteiger partial charge >= 0.3 is 0 Å². The fourth-order valence-corrected chi connectivity index (χ4v) is 4.14. The van der Waals surface area contributed by atoms with Crippen LogP contribution in [0.2, 0.25) is 0 Å². The smallest absolute Gasteiger partial charge is 0.266 e. The summed E-state index contributed by atoms with van der Waals surface area (Å²) in [7, 11) is 0. The fraction of sp³-hybridized carbons (Fsp3) is 0.263. The normalized spacial score (nSPS) is 17.2. The molecule has 0 radical (unpaired) electrons. The Hall–Kier alpha value is -2.44. The molecule has 5 nitrogen and oxygen atoms in total. The van der Waals surface area contributed by atoms with E-state index in [1.54, 1.807) is 6.26 Å². The van der Waals surface area contributed by atoms with Crippen molar-refractivity contribution in [2.24, 2.45) is 11.7 Å². The van der Waals surface area contributed by atoms with Crippen LogP contribution < -0.4 is 5.73 Å². The van der Waals surface area contributed by atoms with Gasteiger partial charge in [0.1, 0.15) is 4.88 Å². The predicted molar refractivity (Wildman–Crippen MR) is 98.3 cm³/mol. The van der Waals surface area contributed by atoms with E-state index in [1.807, 2.05) is 47.4 Å². The standard InChI is InChI=1S/C19H19N3O2S/c20-11-13-8-9-22(12-13)19(23)17-16(14-5-2-1-3-6-14)21-18(25-17)15-7-4-10-24-15/h1-7,10,13H,8-9,11-12,20H2. The molecule has 0 saturated carbocycles. The minimum absolute atomic E-state index is 0.0325. The summed E-state index contributed by atoms with van der Waals surface area (Å²) in [6.07, 6.45) is 2.58. The molecule has 0 aliphatic carbocycles. The quantitative estimate of drug-likeness (QED) is 0.779. The summed E-state index contributed by atoms with van der Waals surface area (Å²) in [5.41, 5.74) is 7.42. The third kappa shape index (κ3) is 3.10.